The molecule has 4 aromatic rings. The standard InChI is InChI=1S/C31H36ClN3O2/c1-24-11-4-7-14-29(24)37-22-10-9-21-35-28-13-6-5-12-27(28)34-30(35)15-3-2-8-20-33-31(36)23-25-16-18-26(32)19-17-25/h4-7,11-14,16-19H,2-3,8-10,15,20-23H2,1H3,(H,33,36). The van der Waals surface area contributed by atoms with Crippen molar-refractivity contribution in [2.75, 3.05) is 13.2 Å². The number of rotatable bonds is 14. The molecule has 0 unspecified atom stereocenters. The molecule has 4 rings (SSSR count). The highest BCUT2D eigenvalue weighted by Gasteiger charge is 2.10. The number of fused-ring (bicyclic) bond motifs is 1. The van der Waals surface area contributed by atoms with Crippen LogP contribution in [-0.4, -0.2) is 28.6 Å². The topological polar surface area (TPSA) is 56.1 Å². The van der Waals surface area contributed by atoms with Crippen LogP contribution >= 0.6 is 11.6 Å². The third-order valence-corrected chi connectivity index (χ3v) is 6.79. The lowest BCUT2D eigenvalue weighted by Crippen LogP contribution is -2.26. The van der Waals surface area contributed by atoms with E-state index < -0.39 is 0 Å². The van der Waals surface area contributed by atoms with E-state index in [1.54, 1.807) is 0 Å². The van der Waals surface area contributed by atoms with Crippen LogP contribution in [0, 0.1) is 6.92 Å². The maximum absolute atomic E-state index is 12.2. The first kappa shape index (κ1) is 26.7. The molecule has 3 aromatic carbocycles. The van der Waals surface area contributed by atoms with Gasteiger partial charge in [-0.25, -0.2) is 4.98 Å². The van der Waals surface area contributed by atoms with Gasteiger partial charge in [0.1, 0.15) is 11.6 Å². The number of benzene rings is 3. The van der Waals surface area contributed by atoms with Crippen molar-refractivity contribution in [1.82, 2.24) is 14.9 Å². The van der Waals surface area contributed by atoms with Gasteiger partial charge >= 0.3 is 0 Å². The van der Waals surface area contributed by atoms with Crippen LogP contribution in [0.25, 0.3) is 11.0 Å². The van der Waals surface area contributed by atoms with Crippen molar-refractivity contribution in [3.8, 4) is 5.75 Å². The number of halogens is 1. The van der Waals surface area contributed by atoms with Gasteiger partial charge in [-0.3, -0.25) is 4.79 Å². The molecule has 0 radical (unpaired) electrons. The van der Waals surface area contributed by atoms with Gasteiger partial charge in [0.2, 0.25) is 5.91 Å². The Morgan fingerprint density at radius 2 is 1.70 bits per heavy atom. The Balaban J connectivity index is 1.19. The molecule has 6 heteroatoms. The third kappa shape index (κ3) is 8.09. The second kappa shape index (κ2) is 13.8. The van der Waals surface area contributed by atoms with Crippen LogP contribution in [0.2, 0.25) is 5.02 Å². The van der Waals surface area contributed by atoms with Crippen molar-refractivity contribution >= 4 is 28.5 Å². The third-order valence-electron chi connectivity index (χ3n) is 6.54. The maximum Gasteiger partial charge on any atom is 0.224 e. The number of aryl methyl sites for hydroxylation is 3. The largest absolute Gasteiger partial charge is 0.493 e. The number of hydrogen-bond acceptors (Lipinski definition) is 3. The van der Waals surface area contributed by atoms with E-state index in [1.807, 2.05) is 48.5 Å². The summed E-state index contributed by atoms with van der Waals surface area (Å²) in [6.45, 7) is 4.43. The lowest BCUT2D eigenvalue weighted by atomic mass is 10.1. The summed E-state index contributed by atoms with van der Waals surface area (Å²) >= 11 is 5.91. The van der Waals surface area contributed by atoms with Gasteiger partial charge in [0.25, 0.3) is 0 Å². The fourth-order valence-corrected chi connectivity index (χ4v) is 4.63. The average Bonchev–Trinajstić information content (AvgIpc) is 3.25. The molecule has 0 saturated carbocycles. The van der Waals surface area contributed by atoms with E-state index in [-0.39, 0.29) is 5.91 Å². The van der Waals surface area contributed by atoms with E-state index in [0.29, 0.717) is 18.0 Å². The summed E-state index contributed by atoms with van der Waals surface area (Å²) in [5.74, 6) is 2.17. The number of hydrogen-bond donors (Lipinski definition) is 1. The Morgan fingerprint density at radius 1 is 0.919 bits per heavy atom. The van der Waals surface area contributed by atoms with Crippen LogP contribution < -0.4 is 10.1 Å². The lowest BCUT2D eigenvalue weighted by molar-refractivity contribution is -0.120. The molecule has 0 aliphatic rings. The summed E-state index contributed by atoms with van der Waals surface area (Å²) in [6, 6.07) is 24.0. The highest BCUT2D eigenvalue weighted by Crippen LogP contribution is 2.20. The summed E-state index contributed by atoms with van der Waals surface area (Å²) in [7, 11) is 0. The number of ether oxygens (including phenoxy) is 1. The van der Waals surface area contributed by atoms with Crippen molar-refractivity contribution in [3.05, 3.63) is 94.8 Å². The zero-order valence-corrected chi connectivity index (χ0v) is 22.3. The summed E-state index contributed by atoms with van der Waals surface area (Å²) in [6.07, 6.45) is 6.42. The number of imidazole rings is 1. The van der Waals surface area contributed by atoms with Crippen molar-refractivity contribution in [1.29, 1.82) is 0 Å². The first-order valence-electron chi connectivity index (χ1n) is 13.2. The minimum atomic E-state index is 0.0514. The van der Waals surface area contributed by atoms with Crippen molar-refractivity contribution < 1.29 is 9.53 Å². The summed E-state index contributed by atoms with van der Waals surface area (Å²) in [5.41, 5.74) is 4.41. The molecule has 1 heterocycles. The van der Waals surface area contributed by atoms with E-state index in [1.165, 1.54) is 11.1 Å². The summed E-state index contributed by atoms with van der Waals surface area (Å²) in [5, 5.41) is 3.71. The van der Waals surface area contributed by atoms with Gasteiger partial charge in [0, 0.05) is 24.5 Å². The Morgan fingerprint density at radius 3 is 2.54 bits per heavy atom. The van der Waals surface area contributed by atoms with Crippen molar-refractivity contribution in [3.63, 3.8) is 0 Å². The number of nitrogens with zero attached hydrogens (tertiary/aromatic N) is 2. The number of carbonyl (C=O) groups excluding carboxylic acids is 1. The van der Waals surface area contributed by atoms with Gasteiger partial charge in [-0.15, -0.1) is 0 Å². The van der Waals surface area contributed by atoms with Gasteiger partial charge < -0.3 is 14.6 Å². The molecule has 0 fully saturated rings. The minimum absolute atomic E-state index is 0.0514. The van der Waals surface area contributed by atoms with Gasteiger partial charge in [0.05, 0.1) is 24.1 Å². The fraction of sp³-hybridized carbons (Fsp3) is 0.355. The average molecular weight is 518 g/mol. The molecular weight excluding hydrogens is 482 g/mol. The highest BCUT2D eigenvalue weighted by atomic mass is 35.5. The Kier molecular flexibility index (Phi) is 10.0. The fourth-order valence-electron chi connectivity index (χ4n) is 4.50. The lowest BCUT2D eigenvalue weighted by Gasteiger charge is -2.11. The molecule has 194 valence electrons. The predicted molar refractivity (Wildman–Crippen MR) is 151 cm³/mol. The van der Waals surface area contributed by atoms with E-state index in [9.17, 15) is 4.79 Å². The zero-order chi connectivity index (χ0) is 25.9. The quantitative estimate of drug-likeness (QED) is 0.184. The SMILES string of the molecule is Cc1ccccc1OCCCCn1c(CCCCCNC(=O)Cc2ccc(Cl)cc2)nc2ccccc21. The first-order chi connectivity index (χ1) is 18.1. The van der Waals surface area contributed by atoms with Crippen molar-refractivity contribution in [2.24, 2.45) is 0 Å². The van der Waals surface area contributed by atoms with Gasteiger partial charge in [-0.2, -0.15) is 0 Å². The predicted octanol–water partition coefficient (Wildman–Crippen LogP) is 6.93. The maximum atomic E-state index is 12.2. The molecule has 1 aromatic heterocycles. The molecule has 5 nitrogen and oxygen atoms in total. The number of para-hydroxylation sites is 3. The van der Waals surface area contributed by atoms with Crippen LogP contribution in [-0.2, 0) is 24.2 Å². The normalized spacial score (nSPS) is 11.1. The molecule has 37 heavy (non-hydrogen) atoms. The van der Waals surface area contributed by atoms with E-state index >= 15 is 0 Å². The summed E-state index contributed by atoms with van der Waals surface area (Å²) < 4.78 is 8.34. The number of amides is 1. The molecule has 0 spiro atoms. The highest BCUT2D eigenvalue weighted by molar-refractivity contribution is 6.30. The Labute approximate surface area is 224 Å². The second-order valence-electron chi connectivity index (χ2n) is 9.45. The molecule has 0 bridgehead atoms. The van der Waals surface area contributed by atoms with Crippen LogP contribution in [0.15, 0.2) is 72.8 Å². The van der Waals surface area contributed by atoms with Gasteiger partial charge in [-0.05, 0) is 74.1 Å². The molecule has 1 amide bonds. The molecular formula is C31H36ClN3O2. The van der Waals surface area contributed by atoms with Crippen LogP contribution in [0.5, 0.6) is 5.75 Å². The Hall–Kier alpha value is -3.31. The molecule has 0 aliphatic heterocycles. The number of carbonyl (C=O) groups is 1. The Bertz CT molecular complexity index is 1280. The minimum Gasteiger partial charge on any atom is -0.493 e. The monoisotopic (exact) mass is 517 g/mol. The summed E-state index contributed by atoms with van der Waals surface area (Å²) in [4.78, 5) is 17.1. The van der Waals surface area contributed by atoms with Crippen LogP contribution in [0.1, 0.15) is 49.1 Å². The smallest absolute Gasteiger partial charge is 0.224 e. The number of nitrogens with one attached hydrogen (secondary N) is 1. The second-order valence-corrected chi connectivity index (χ2v) is 9.89. The van der Waals surface area contributed by atoms with Gasteiger partial charge in [-0.1, -0.05) is 60.5 Å². The van der Waals surface area contributed by atoms with Gasteiger partial charge in [0.15, 0.2) is 0 Å². The zero-order valence-electron chi connectivity index (χ0n) is 21.6. The van der Waals surface area contributed by atoms with Crippen LogP contribution in [0.3, 0.4) is 0 Å². The van der Waals surface area contributed by atoms with E-state index in [0.717, 1.165) is 74.3 Å². The van der Waals surface area contributed by atoms with E-state index in [4.69, 9.17) is 21.3 Å². The van der Waals surface area contributed by atoms with Crippen molar-refractivity contribution in [2.45, 2.75) is 58.4 Å². The molecule has 0 saturated heterocycles. The number of aromatic nitrogens is 2. The van der Waals surface area contributed by atoms with E-state index in [2.05, 4.69) is 41.1 Å². The van der Waals surface area contributed by atoms with Crippen LogP contribution in [0.4, 0.5) is 0 Å². The number of unbranched alkanes of at least 4 members (excludes halogenated alkanes) is 3. The molecule has 0 aliphatic carbocycles. The first-order valence-corrected chi connectivity index (χ1v) is 13.6. The molecule has 0 atom stereocenters. The molecule has 1 N–H and O–H groups in total.